The van der Waals surface area contributed by atoms with Crippen molar-refractivity contribution in [3.8, 4) is 0 Å². The summed E-state index contributed by atoms with van der Waals surface area (Å²) in [5.74, 6) is -0.0331. The minimum absolute atomic E-state index is 0.00129. The molecule has 8 atom stereocenters. The van der Waals surface area contributed by atoms with Gasteiger partial charge >= 0.3 is 16.3 Å². The predicted octanol–water partition coefficient (Wildman–Crippen LogP) is 4.19. The van der Waals surface area contributed by atoms with Crippen molar-refractivity contribution in [1.82, 2.24) is 8.96 Å². The van der Waals surface area contributed by atoms with Crippen molar-refractivity contribution in [3.63, 3.8) is 0 Å². The largest absolute Gasteiger partial charge is 0.455 e. The summed E-state index contributed by atoms with van der Waals surface area (Å²) in [5, 5.41) is -0.951. The Hall–Kier alpha value is -2.06. The maximum Gasteiger partial charge on any atom is 0.367 e. The van der Waals surface area contributed by atoms with Gasteiger partial charge in [-0.1, -0.05) is 52.9 Å². The first kappa shape index (κ1) is 25.6. The number of imidazole rings is 1. The Kier molecular flexibility index (Phi) is 6.65. The number of aromatic nitrogens is 2. The Morgan fingerprint density at radius 2 is 2.06 bits per heavy atom. The number of fused-ring (bicyclic) bond motifs is 4. The fraction of sp³-hybridized carbons (Fsp3) is 0.538. The van der Waals surface area contributed by atoms with Gasteiger partial charge < -0.3 is 9.47 Å². The second kappa shape index (κ2) is 9.35. The molecule has 5 rings (SSSR count). The molecule has 2 saturated heterocycles. The highest BCUT2D eigenvalue weighted by atomic mass is 32.2. The minimum Gasteiger partial charge on any atom is -0.455 e. The van der Waals surface area contributed by atoms with Crippen LogP contribution in [0, 0.1) is 17.8 Å². The molecule has 2 aliphatic heterocycles. The smallest absolute Gasteiger partial charge is 0.367 e. The van der Waals surface area contributed by atoms with Gasteiger partial charge in [0, 0.05) is 30.8 Å². The quantitative estimate of drug-likeness (QED) is 0.300. The van der Waals surface area contributed by atoms with Gasteiger partial charge in [-0.05, 0) is 49.7 Å². The van der Waals surface area contributed by atoms with Gasteiger partial charge in [-0.3, -0.25) is 0 Å². The Morgan fingerprint density at radius 1 is 1.31 bits per heavy atom. The lowest BCUT2D eigenvalue weighted by atomic mass is 9.73. The molecule has 1 aliphatic carbocycles. The molecule has 3 heterocycles. The summed E-state index contributed by atoms with van der Waals surface area (Å²) in [6.45, 7) is 5.98. The number of benzene rings is 1. The van der Waals surface area contributed by atoms with E-state index in [0.29, 0.717) is 5.92 Å². The summed E-state index contributed by atoms with van der Waals surface area (Å²) in [4.78, 5) is 17.0. The van der Waals surface area contributed by atoms with Crippen LogP contribution in [0.25, 0.3) is 5.57 Å². The molecule has 0 amide bonds. The van der Waals surface area contributed by atoms with E-state index in [1.807, 2.05) is 44.2 Å². The van der Waals surface area contributed by atoms with E-state index in [0.717, 1.165) is 34.4 Å². The summed E-state index contributed by atoms with van der Waals surface area (Å²) >= 11 is 0. The van der Waals surface area contributed by atoms with Crippen LogP contribution in [0.2, 0.25) is 0 Å². The summed E-state index contributed by atoms with van der Waals surface area (Å²) in [5.41, 5.74) is 0.934. The lowest BCUT2D eigenvalue weighted by Crippen LogP contribution is -2.58. The molecular formula is C26H33N2O6PS. The fourth-order valence-corrected chi connectivity index (χ4v) is 8.32. The average Bonchev–Trinajstić information content (AvgIpc) is 3.56. The van der Waals surface area contributed by atoms with E-state index >= 15 is 0 Å². The zero-order valence-electron chi connectivity index (χ0n) is 20.7. The molecule has 8 nitrogen and oxygen atoms in total. The summed E-state index contributed by atoms with van der Waals surface area (Å²) < 4.78 is 45.4. The molecule has 3 fully saturated rings. The molecule has 1 aromatic heterocycles. The molecule has 2 aromatic rings. The number of esters is 1. The highest BCUT2D eigenvalue weighted by molar-refractivity contribution is 7.85. The molecule has 194 valence electrons. The monoisotopic (exact) mass is 532 g/mol. The van der Waals surface area contributed by atoms with Crippen molar-refractivity contribution in [2.24, 2.45) is 17.8 Å². The highest BCUT2D eigenvalue weighted by Crippen LogP contribution is 2.63. The van der Waals surface area contributed by atoms with Crippen LogP contribution in [-0.2, 0) is 28.8 Å². The van der Waals surface area contributed by atoms with Crippen molar-refractivity contribution >= 4 is 31.1 Å². The van der Waals surface area contributed by atoms with Crippen molar-refractivity contribution < 1.29 is 26.9 Å². The number of hydrogen-bond acceptors (Lipinski definition) is 7. The predicted molar refractivity (Wildman–Crippen MR) is 138 cm³/mol. The van der Waals surface area contributed by atoms with Gasteiger partial charge in [0.1, 0.15) is 23.9 Å². The van der Waals surface area contributed by atoms with Gasteiger partial charge in [-0.2, -0.15) is 8.42 Å². The molecule has 1 aromatic carbocycles. The normalized spacial score (nSPS) is 36.0. The third-order valence-electron chi connectivity index (χ3n) is 8.29. The van der Waals surface area contributed by atoms with Gasteiger partial charge in [-0.25, -0.2) is 17.9 Å². The first-order valence-electron chi connectivity index (χ1n) is 12.4. The number of nitrogens with zero attached hydrogens (tertiary/aromatic N) is 2. The second-order valence-electron chi connectivity index (χ2n) is 10.4. The van der Waals surface area contributed by atoms with Gasteiger partial charge in [0.05, 0.1) is 5.60 Å². The van der Waals surface area contributed by atoms with Crippen LogP contribution in [0.1, 0.15) is 52.0 Å². The van der Waals surface area contributed by atoms with Gasteiger partial charge in [0.25, 0.3) is 0 Å². The van der Waals surface area contributed by atoms with E-state index in [4.69, 9.17) is 13.7 Å². The number of allylic oxidation sites excluding steroid dienone is 1. The molecule has 1 saturated carbocycles. The van der Waals surface area contributed by atoms with Crippen LogP contribution in [0.5, 0.6) is 0 Å². The van der Waals surface area contributed by atoms with E-state index in [-0.39, 0.29) is 18.3 Å². The Morgan fingerprint density at radius 3 is 2.72 bits per heavy atom. The number of carbonyl (C=O) groups is 1. The van der Waals surface area contributed by atoms with E-state index < -0.39 is 39.4 Å². The summed E-state index contributed by atoms with van der Waals surface area (Å²) in [6, 6.07) is 9.69. The molecule has 8 unspecified atom stereocenters. The standard InChI is InChI=1S/C26H33N2O6PS/c1-4-18-10-11-20-23(18)24(32-22(29)14-17(2)19-8-6-5-7-9-19)26(35)15-21(25(20,3)34-26)33-36(30,31)28-13-12-27-16-28/h5-9,12-14,16,18,20-21,23-24H,4,10-11,15,35H2,1-3H3/b17-14+. The molecule has 2 bridgehead atoms. The Labute approximate surface area is 214 Å². The number of hydrogen-bond donors (Lipinski definition) is 0. The average molecular weight is 533 g/mol. The maximum absolute atomic E-state index is 13.1. The second-order valence-corrected chi connectivity index (χ2v) is 12.8. The van der Waals surface area contributed by atoms with Crippen LogP contribution in [0.3, 0.4) is 0 Å². The molecular weight excluding hydrogens is 499 g/mol. The van der Waals surface area contributed by atoms with Crippen LogP contribution in [0.15, 0.2) is 55.1 Å². The van der Waals surface area contributed by atoms with Gasteiger partial charge in [0.2, 0.25) is 0 Å². The summed E-state index contributed by atoms with van der Waals surface area (Å²) in [7, 11) is -1.36. The minimum atomic E-state index is -4.09. The number of rotatable bonds is 7. The molecule has 0 spiro atoms. The fourth-order valence-electron chi connectivity index (χ4n) is 6.54. The van der Waals surface area contributed by atoms with Crippen molar-refractivity contribution in [2.75, 3.05) is 0 Å². The van der Waals surface area contributed by atoms with E-state index in [9.17, 15) is 13.2 Å². The zero-order valence-corrected chi connectivity index (χ0v) is 22.7. The molecule has 0 radical (unpaired) electrons. The first-order chi connectivity index (χ1) is 17.1. The molecule has 36 heavy (non-hydrogen) atoms. The first-order valence-corrected chi connectivity index (χ1v) is 14.4. The van der Waals surface area contributed by atoms with Crippen molar-refractivity contribution in [3.05, 3.63) is 60.7 Å². The van der Waals surface area contributed by atoms with Crippen molar-refractivity contribution in [1.29, 1.82) is 0 Å². The molecule has 0 N–H and O–H groups in total. The van der Waals surface area contributed by atoms with Gasteiger partial charge in [-0.15, -0.1) is 0 Å². The Bertz CT molecular complexity index is 1250. The number of carbonyl (C=O) groups excluding carboxylic acids is 1. The van der Waals surface area contributed by atoms with Crippen LogP contribution >= 0.6 is 9.24 Å². The van der Waals surface area contributed by atoms with E-state index in [1.54, 1.807) is 0 Å². The SMILES string of the molecule is CCC1CCC2C1C(OC(=O)/C=C(\C)c1ccccc1)C1(P)CC(OS(=O)(=O)n3ccnc3)C2(C)O1. The molecule has 10 heteroatoms. The van der Waals surface area contributed by atoms with E-state index in [2.05, 4.69) is 21.1 Å². The topological polar surface area (TPSA) is 96.7 Å². The lowest BCUT2D eigenvalue weighted by Gasteiger charge is -2.50. The Balaban J connectivity index is 1.45. The number of ether oxygens (including phenoxy) is 2. The van der Waals surface area contributed by atoms with E-state index in [1.165, 1.54) is 24.8 Å². The van der Waals surface area contributed by atoms with Crippen LogP contribution < -0.4 is 0 Å². The maximum atomic E-state index is 13.1. The van der Waals surface area contributed by atoms with Gasteiger partial charge in [0.15, 0.2) is 0 Å². The van der Waals surface area contributed by atoms with Crippen LogP contribution in [-0.4, -0.2) is 46.5 Å². The molecule has 3 aliphatic rings. The third-order valence-corrected chi connectivity index (χ3v) is 10.2. The lowest BCUT2D eigenvalue weighted by molar-refractivity contribution is -0.221. The third kappa shape index (κ3) is 4.34. The zero-order chi connectivity index (χ0) is 25.7. The van der Waals surface area contributed by atoms with Crippen molar-refractivity contribution in [2.45, 2.75) is 69.6 Å². The highest BCUT2D eigenvalue weighted by Gasteiger charge is 2.70. The van der Waals surface area contributed by atoms with Crippen LogP contribution in [0.4, 0.5) is 0 Å². The summed E-state index contributed by atoms with van der Waals surface area (Å²) in [6.07, 6.45) is 7.24.